The summed E-state index contributed by atoms with van der Waals surface area (Å²) in [5.74, 6) is -0.149. The van der Waals surface area contributed by atoms with Gasteiger partial charge in [-0.1, -0.05) is 30.0 Å². The summed E-state index contributed by atoms with van der Waals surface area (Å²) in [6, 6.07) is 8.95. The number of H-pyrrole nitrogens is 1. The van der Waals surface area contributed by atoms with Gasteiger partial charge in [-0.2, -0.15) is 0 Å². The Morgan fingerprint density at radius 1 is 1.43 bits per heavy atom. The number of benzene rings is 1. The van der Waals surface area contributed by atoms with Crippen molar-refractivity contribution >= 4 is 23.4 Å². The van der Waals surface area contributed by atoms with Crippen LogP contribution < -0.4 is 10.9 Å². The number of nitrogens with zero attached hydrogens (tertiary/aromatic N) is 1. The van der Waals surface area contributed by atoms with Crippen molar-refractivity contribution in [1.82, 2.24) is 9.97 Å². The largest absolute Gasteiger partial charge is 0.378 e. The van der Waals surface area contributed by atoms with Crippen molar-refractivity contribution in [3.8, 4) is 0 Å². The molecule has 0 bridgehead atoms. The lowest BCUT2D eigenvalue weighted by molar-refractivity contribution is -0.115. The van der Waals surface area contributed by atoms with E-state index in [2.05, 4.69) is 15.3 Å². The maximum absolute atomic E-state index is 12.3. The molecule has 1 aromatic heterocycles. The zero-order chi connectivity index (χ0) is 16.8. The first-order valence-corrected chi connectivity index (χ1v) is 8.00. The number of anilines is 1. The van der Waals surface area contributed by atoms with E-state index in [1.54, 1.807) is 6.92 Å². The van der Waals surface area contributed by atoms with Crippen LogP contribution in [0.3, 0.4) is 0 Å². The van der Waals surface area contributed by atoms with Crippen LogP contribution in [-0.4, -0.2) is 28.2 Å². The Labute approximate surface area is 138 Å². The van der Waals surface area contributed by atoms with Gasteiger partial charge in [0.25, 0.3) is 5.56 Å². The quantitative estimate of drug-likeness (QED) is 0.626. The Morgan fingerprint density at radius 3 is 2.87 bits per heavy atom. The lowest BCUT2D eigenvalue weighted by Gasteiger charge is -2.13. The molecule has 23 heavy (non-hydrogen) atoms. The fourth-order valence-electron chi connectivity index (χ4n) is 1.93. The second-order valence-corrected chi connectivity index (χ2v) is 6.37. The Kier molecular flexibility index (Phi) is 5.95. The minimum Gasteiger partial charge on any atom is -0.378 e. The smallest absolute Gasteiger partial charge is 0.251 e. The van der Waals surface area contributed by atoms with Crippen LogP contribution in [0.2, 0.25) is 0 Å². The van der Waals surface area contributed by atoms with Gasteiger partial charge < -0.3 is 15.0 Å². The van der Waals surface area contributed by atoms with Crippen molar-refractivity contribution in [3.63, 3.8) is 0 Å². The Hall–Kier alpha value is -2.12. The SMILES string of the molecule is COCc1cc(=O)[nH]c(SC(C)C(=O)Nc2ccccc2C)n1. The van der Waals surface area contributed by atoms with E-state index >= 15 is 0 Å². The fourth-order valence-corrected chi connectivity index (χ4v) is 2.76. The van der Waals surface area contributed by atoms with Gasteiger partial charge in [0.2, 0.25) is 5.91 Å². The third-order valence-electron chi connectivity index (χ3n) is 3.13. The van der Waals surface area contributed by atoms with Crippen LogP contribution in [0, 0.1) is 6.92 Å². The molecule has 0 spiro atoms. The highest BCUT2D eigenvalue weighted by Gasteiger charge is 2.17. The first kappa shape index (κ1) is 17.2. The molecule has 6 nitrogen and oxygen atoms in total. The molecular weight excluding hydrogens is 314 g/mol. The Balaban J connectivity index is 2.06. The number of carbonyl (C=O) groups is 1. The van der Waals surface area contributed by atoms with Crippen molar-refractivity contribution in [3.05, 3.63) is 51.9 Å². The van der Waals surface area contributed by atoms with Gasteiger partial charge in [0.15, 0.2) is 5.16 Å². The molecule has 2 aromatic rings. The zero-order valence-electron chi connectivity index (χ0n) is 13.3. The summed E-state index contributed by atoms with van der Waals surface area (Å²) >= 11 is 1.20. The molecule has 1 heterocycles. The van der Waals surface area contributed by atoms with Crippen LogP contribution in [0.4, 0.5) is 5.69 Å². The number of aromatic nitrogens is 2. The van der Waals surface area contributed by atoms with Gasteiger partial charge in [0, 0.05) is 18.9 Å². The molecule has 0 radical (unpaired) electrons. The van der Waals surface area contributed by atoms with Crippen molar-refractivity contribution in [2.24, 2.45) is 0 Å². The van der Waals surface area contributed by atoms with Gasteiger partial charge in [-0.05, 0) is 25.5 Å². The monoisotopic (exact) mass is 333 g/mol. The number of amides is 1. The summed E-state index contributed by atoms with van der Waals surface area (Å²) in [5, 5.41) is 2.87. The summed E-state index contributed by atoms with van der Waals surface area (Å²) in [4.78, 5) is 30.8. The number of para-hydroxylation sites is 1. The number of ether oxygens (including phenoxy) is 1. The topological polar surface area (TPSA) is 84.1 Å². The minimum absolute atomic E-state index is 0.149. The molecule has 2 N–H and O–H groups in total. The normalized spacial score (nSPS) is 12.0. The Morgan fingerprint density at radius 2 is 2.17 bits per heavy atom. The van der Waals surface area contributed by atoms with Crippen molar-refractivity contribution < 1.29 is 9.53 Å². The number of hydrogen-bond donors (Lipinski definition) is 2. The van der Waals surface area contributed by atoms with Crippen LogP contribution >= 0.6 is 11.8 Å². The lowest BCUT2D eigenvalue weighted by atomic mass is 10.2. The van der Waals surface area contributed by atoms with E-state index in [0.717, 1.165) is 11.3 Å². The van der Waals surface area contributed by atoms with E-state index in [9.17, 15) is 9.59 Å². The molecule has 0 aliphatic rings. The van der Waals surface area contributed by atoms with Gasteiger partial charge in [0.05, 0.1) is 17.6 Å². The lowest BCUT2D eigenvalue weighted by Crippen LogP contribution is -2.23. The molecule has 1 atom stereocenters. The molecule has 2 rings (SSSR count). The number of thioether (sulfide) groups is 1. The molecule has 0 fully saturated rings. The summed E-state index contributed by atoms with van der Waals surface area (Å²) < 4.78 is 4.98. The molecule has 1 aromatic carbocycles. The number of carbonyl (C=O) groups excluding carboxylic acids is 1. The molecule has 1 amide bonds. The predicted octanol–water partition coefficient (Wildman–Crippen LogP) is 2.34. The summed E-state index contributed by atoms with van der Waals surface area (Å²) in [6.07, 6.45) is 0. The second kappa shape index (κ2) is 7.94. The van der Waals surface area contributed by atoms with Gasteiger partial charge in [0.1, 0.15) is 0 Å². The van der Waals surface area contributed by atoms with E-state index in [1.807, 2.05) is 31.2 Å². The summed E-state index contributed by atoms with van der Waals surface area (Å²) in [5.41, 5.74) is 2.04. The second-order valence-electron chi connectivity index (χ2n) is 5.04. The van der Waals surface area contributed by atoms with Gasteiger partial charge >= 0.3 is 0 Å². The van der Waals surface area contributed by atoms with Crippen LogP contribution in [0.15, 0.2) is 40.3 Å². The van der Waals surface area contributed by atoms with Gasteiger partial charge in [-0.15, -0.1) is 0 Å². The summed E-state index contributed by atoms with van der Waals surface area (Å²) in [7, 11) is 1.54. The highest BCUT2D eigenvalue weighted by atomic mass is 32.2. The standard InChI is InChI=1S/C16H19N3O3S/c1-10-6-4-5-7-13(10)18-15(21)11(2)23-16-17-12(9-22-3)8-14(20)19-16/h4-8,11H,9H2,1-3H3,(H,18,21)(H,17,19,20). The first-order valence-electron chi connectivity index (χ1n) is 7.12. The van der Waals surface area contributed by atoms with Crippen LogP contribution in [0.1, 0.15) is 18.2 Å². The average Bonchev–Trinajstić information content (AvgIpc) is 2.49. The number of aromatic amines is 1. The zero-order valence-corrected chi connectivity index (χ0v) is 14.1. The van der Waals surface area contributed by atoms with E-state index < -0.39 is 5.25 Å². The van der Waals surface area contributed by atoms with Crippen LogP contribution in [-0.2, 0) is 16.1 Å². The average molecular weight is 333 g/mol. The van der Waals surface area contributed by atoms with Gasteiger partial charge in [-0.25, -0.2) is 4.98 Å². The van der Waals surface area contributed by atoms with E-state index in [0.29, 0.717) is 10.9 Å². The number of nitrogens with one attached hydrogen (secondary N) is 2. The molecule has 0 saturated carbocycles. The van der Waals surface area contributed by atoms with Crippen molar-refractivity contribution in [2.45, 2.75) is 30.9 Å². The maximum Gasteiger partial charge on any atom is 0.251 e. The molecule has 1 unspecified atom stereocenters. The highest BCUT2D eigenvalue weighted by molar-refractivity contribution is 8.00. The fraction of sp³-hybridized carbons (Fsp3) is 0.312. The van der Waals surface area contributed by atoms with Crippen LogP contribution in [0.5, 0.6) is 0 Å². The van der Waals surface area contributed by atoms with Gasteiger partial charge in [-0.3, -0.25) is 9.59 Å². The van der Waals surface area contributed by atoms with Crippen molar-refractivity contribution in [1.29, 1.82) is 0 Å². The molecule has 0 aliphatic heterocycles. The van der Waals surface area contributed by atoms with Crippen molar-refractivity contribution in [2.75, 3.05) is 12.4 Å². The number of hydrogen-bond acceptors (Lipinski definition) is 5. The predicted molar refractivity (Wildman–Crippen MR) is 90.7 cm³/mol. The number of aryl methyl sites for hydroxylation is 1. The molecule has 0 saturated heterocycles. The van der Waals surface area contributed by atoms with E-state index in [1.165, 1.54) is 24.9 Å². The number of rotatable bonds is 6. The first-order chi connectivity index (χ1) is 11.0. The van der Waals surface area contributed by atoms with Crippen LogP contribution in [0.25, 0.3) is 0 Å². The maximum atomic E-state index is 12.3. The third-order valence-corrected chi connectivity index (χ3v) is 4.11. The summed E-state index contributed by atoms with van der Waals surface area (Å²) in [6.45, 7) is 3.95. The number of methoxy groups -OCH3 is 1. The highest BCUT2D eigenvalue weighted by Crippen LogP contribution is 2.21. The molecular formula is C16H19N3O3S. The minimum atomic E-state index is -0.407. The molecule has 0 aliphatic carbocycles. The van der Waals surface area contributed by atoms with E-state index in [-0.39, 0.29) is 18.1 Å². The third kappa shape index (κ3) is 4.94. The van der Waals surface area contributed by atoms with E-state index in [4.69, 9.17) is 4.74 Å². The molecule has 7 heteroatoms. The Bertz CT molecular complexity index is 745. The molecule has 122 valence electrons.